The van der Waals surface area contributed by atoms with Gasteiger partial charge in [0.05, 0.1) is 11.8 Å². The lowest BCUT2D eigenvalue weighted by atomic mass is 9.63. The number of nitrogens with zero attached hydrogens (tertiary/aromatic N) is 1. The zero-order valence-electron chi connectivity index (χ0n) is 15.1. The number of likely N-dealkylation sites (tertiary alicyclic amines) is 1. The van der Waals surface area contributed by atoms with Crippen LogP contribution < -0.4 is 5.32 Å². The summed E-state index contributed by atoms with van der Waals surface area (Å²) < 4.78 is 0. The summed E-state index contributed by atoms with van der Waals surface area (Å²) >= 11 is 0. The van der Waals surface area contributed by atoms with Gasteiger partial charge in [0.2, 0.25) is 17.7 Å². The first-order chi connectivity index (χ1) is 13.1. The zero-order valence-corrected chi connectivity index (χ0v) is 15.1. The Hall–Kier alpha value is -2.43. The number of benzene rings is 1. The topological polar surface area (TPSA) is 66.5 Å². The van der Waals surface area contributed by atoms with Crippen molar-refractivity contribution >= 4 is 23.4 Å². The third-order valence-corrected chi connectivity index (χ3v) is 7.44. The summed E-state index contributed by atoms with van der Waals surface area (Å²) in [6, 6.07) is 5.99. The van der Waals surface area contributed by atoms with E-state index in [9.17, 15) is 14.4 Å². The number of aryl methyl sites for hydroxylation is 2. The lowest BCUT2D eigenvalue weighted by Gasteiger charge is -2.37. The fourth-order valence-corrected chi connectivity index (χ4v) is 6.17. The second-order valence-electron chi connectivity index (χ2n) is 8.80. The van der Waals surface area contributed by atoms with Gasteiger partial charge in [-0.05, 0) is 72.6 Å². The maximum Gasteiger partial charge on any atom is 0.244 e. The zero-order chi connectivity index (χ0) is 18.3. The highest BCUT2D eigenvalue weighted by Gasteiger charge is 2.67. The maximum absolute atomic E-state index is 12.9. The molecule has 2 bridgehead atoms. The Morgan fingerprint density at radius 1 is 1.00 bits per heavy atom. The average Bonchev–Trinajstić information content (AvgIpc) is 3.31. The van der Waals surface area contributed by atoms with E-state index in [-0.39, 0.29) is 47.9 Å². The first kappa shape index (κ1) is 15.6. The lowest BCUT2D eigenvalue weighted by Crippen LogP contribution is -2.40. The number of amides is 3. The number of rotatable bonds is 3. The number of allylic oxidation sites excluding steroid dienone is 2. The highest BCUT2D eigenvalue weighted by Crippen LogP contribution is 2.65. The van der Waals surface area contributed by atoms with Crippen molar-refractivity contribution < 1.29 is 14.4 Å². The molecule has 6 atom stereocenters. The number of hydrogen-bond donors (Lipinski definition) is 1. The molecule has 0 aromatic heterocycles. The van der Waals surface area contributed by atoms with E-state index in [4.69, 9.17) is 0 Å². The fraction of sp³-hybridized carbons (Fsp3) is 0.500. The van der Waals surface area contributed by atoms with Crippen LogP contribution >= 0.6 is 0 Å². The van der Waals surface area contributed by atoms with Gasteiger partial charge in [-0.25, -0.2) is 0 Å². The molecule has 0 radical (unpaired) electrons. The maximum atomic E-state index is 12.9. The van der Waals surface area contributed by atoms with E-state index >= 15 is 0 Å². The first-order valence-corrected chi connectivity index (χ1v) is 10.1. The second kappa shape index (κ2) is 5.31. The molecular formula is C22H22N2O3. The number of carbonyl (C=O) groups excluding carboxylic acids is 3. The van der Waals surface area contributed by atoms with E-state index in [0.29, 0.717) is 11.8 Å². The van der Waals surface area contributed by atoms with E-state index in [0.717, 1.165) is 31.4 Å². The van der Waals surface area contributed by atoms with Gasteiger partial charge in [0, 0.05) is 5.69 Å². The Labute approximate surface area is 157 Å². The molecule has 27 heavy (non-hydrogen) atoms. The molecule has 7 rings (SSSR count). The number of nitrogens with one attached hydrogen (secondary N) is 1. The van der Waals surface area contributed by atoms with Crippen molar-refractivity contribution in [3.05, 3.63) is 41.5 Å². The van der Waals surface area contributed by atoms with Gasteiger partial charge in [-0.15, -0.1) is 0 Å². The van der Waals surface area contributed by atoms with Crippen molar-refractivity contribution in [3.63, 3.8) is 0 Å². The predicted molar refractivity (Wildman–Crippen MR) is 98.5 cm³/mol. The molecule has 1 N–H and O–H groups in total. The standard InChI is InChI=1S/C22H22N2O3/c25-18(23-13-5-4-11-2-1-3-12(11)8-13)10-24-21(26)19-14-6-7-15(17-9-16(14)17)20(19)22(24)27/h4-8,14-17,19-20H,1-3,9-10H2,(H,23,25)/t14-,15+,16-,17-,19+,20-/m1/s1. The van der Waals surface area contributed by atoms with Crippen LogP contribution in [0.15, 0.2) is 30.4 Å². The van der Waals surface area contributed by atoms with Crippen molar-refractivity contribution in [2.75, 3.05) is 11.9 Å². The van der Waals surface area contributed by atoms with Crippen molar-refractivity contribution in [2.45, 2.75) is 25.7 Å². The minimum absolute atomic E-state index is 0.140. The molecule has 1 heterocycles. The largest absolute Gasteiger partial charge is 0.325 e. The Morgan fingerprint density at radius 2 is 1.67 bits per heavy atom. The van der Waals surface area contributed by atoms with Gasteiger partial charge in [0.15, 0.2) is 0 Å². The Balaban J connectivity index is 1.19. The van der Waals surface area contributed by atoms with Crippen LogP contribution in [-0.2, 0) is 27.2 Å². The van der Waals surface area contributed by atoms with Crippen LogP contribution in [0, 0.1) is 35.5 Å². The summed E-state index contributed by atoms with van der Waals surface area (Å²) in [5, 5.41) is 2.88. The van der Waals surface area contributed by atoms with Gasteiger partial charge in [-0.1, -0.05) is 18.2 Å². The number of carbonyl (C=O) groups is 3. The molecule has 5 nitrogen and oxygen atoms in total. The Kier molecular flexibility index (Phi) is 3.07. The molecular weight excluding hydrogens is 340 g/mol. The number of fused-ring (bicyclic) bond motifs is 1. The predicted octanol–water partition coefficient (Wildman–Crippen LogP) is 2.17. The van der Waals surface area contributed by atoms with Crippen LogP contribution in [0.25, 0.3) is 0 Å². The minimum Gasteiger partial charge on any atom is -0.325 e. The summed E-state index contributed by atoms with van der Waals surface area (Å²) in [5.41, 5.74) is 3.39. The molecule has 1 aromatic rings. The van der Waals surface area contributed by atoms with Crippen molar-refractivity contribution in [1.29, 1.82) is 0 Å². The molecule has 3 fully saturated rings. The monoisotopic (exact) mass is 362 g/mol. The lowest BCUT2D eigenvalue weighted by molar-refractivity contribution is -0.142. The summed E-state index contributed by atoms with van der Waals surface area (Å²) in [5.74, 6) is 0.526. The summed E-state index contributed by atoms with van der Waals surface area (Å²) in [4.78, 5) is 39.6. The molecule has 5 heteroatoms. The van der Waals surface area contributed by atoms with Crippen LogP contribution in [0.3, 0.4) is 0 Å². The van der Waals surface area contributed by atoms with Gasteiger partial charge in [-0.2, -0.15) is 0 Å². The molecule has 1 aromatic carbocycles. The molecule has 138 valence electrons. The average molecular weight is 362 g/mol. The van der Waals surface area contributed by atoms with E-state index in [1.54, 1.807) is 0 Å². The molecule has 5 aliphatic carbocycles. The highest BCUT2D eigenvalue weighted by molar-refractivity contribution is 6.09. The third kappa shape index (κ3) is 2.14. The van der Waals surface area contributed by atoms with Crippen molar-refractivity contribution in [1.82, 2.24) is 4.90 Å². The van der Waals surface area contributed by atoms with Gasteiger partial charge < -0.3 is 5.32 Å². The van der Waals surface area contributed by atoms with Gasteiger partial charge in [-0.3, -0.25) is 19.3 Å². The van der Waals surface area contributed by atoms with E-state index in [2.05, 4.69) is 23.5 Å². The molecule has 1 aliphatic heterocycles. The number of hydrogen-bond acceptors (Lipinski definition) is 3. The second-order valence-corrected chi connectivity index (χ2v) is 8.80. The summed E-state index contributed by atoms with van der Waals surface area (Å²) in [6.07, 6.45) is 8.75. The summed E-state index contributed by atoms with van der Waals surface area (Å²) in [7, 11) is 0. The molecule has 2 saturated carbocycles. The molecule has 3 amide bonds. The van der Waals surface area contributed by atoms with E-state index in [1.807, 2.05) is 12.1 Å². The van der Waals surface area contributed by atoms with Gasteiger partial charge in [0.25, 0.3) is 0 Å². The summed E-state index contributed by atoms with van der Waals surface area (Å²) in [6.45, 7) is -0.170. The molecule has 0 spiro atoms. The highest BCUT2D eigenvalue weighted by atomic mass is 16.2. The Morgan fingerprint density at radius 3 is 2.37 bits per heavy atom. The smallest absolute Gasteiger partial charge is 0.244 e. The molecule has 6 aliphatic rings. The fourth-order valence-electron chi connectivity index (χ4n) is 6.17. The quantitative estimate of drug-likeness (QED) is 0.662. The van der Waals surface area contributed by atoms with Gasteiger partial charge >= 0.3 is 0 Å². The normalized spacial score (nSPS) is 37.3. The number of anilines is 1. The number of imide groups is 1. The minimum atomic E-state index is -0.293. The van der Waals surface area contributed by atoms with Crippen LogP contribution in [0.2, 0.25) is 0 Å². The third-order valence-electron chi connectivity index (χ3n) is 7.44. The molecule has 0 unspecified atom stereocenters. The van der Waals surface area contributed by atoms with Crippen molar-refractivity contribution in [3.8, 4) is 0 Å². The Bertz CT molecular complexity index is 884. The van der Waals surface area contributed by atoms with Crippen LogP contribution in [0.5, 0.6) is 0 Å². The van der Waals surface area contributed by atoms with E-state index < -0.39 is 0 Å². The van der Waals surface area contributed by atoms with E-state index in [1.165, 1.54) is 16.0 Å². The molecule has 1 saturated heterocycles. The SMILES string of the molecule is O=C(CN1C(=O)[C@@H]2[C@H]3C=C[C@H]([C@H]4C[C@H]34)[C@@H]2C1=O)Nc1ccc2c(c1)CCC2. The first-order valence-electron chi connectivity index (χ1n) is 10.1. The van der Waals surface area contributed by atoms with Crippen LogP contribution in [-0.4, -0.2) is 29.2 Å². The van der Waals surface area contributed by atoms with Gasteiger partial charge in [0.1, 0.15) is 6.54 Å². The van der Waals surface area contributed by atoms with Crippen molar-refractivity contribution in [2.24, 2.45) is 35.5 Å². The van der Waals surface area contributed by atoms with Crippen LogP contribution in [0.4, 0.5) is 5.69 Å². The van der Waals surface area contributed by atoms with Crippen LogP contribution in [0.1, 0.15) is 24.0 Å².